The number of nitrogens with one attached hydrogen (secondary N) is 1. The summed E-state index contributed by atoms with van der Waals surface area (Å²) < 4.78 is 2.12. The van der Waals surface area contributed by atoms with Crippen molar-refractivity contribution in [3.05, 3.63) is 59.9 Å². The van der Waals surface area contributed by atoms with Gasteiger partial charge in [0.2, 0.25) is 0 Å². The highest BCUT2D eigenvalue weighted by Gasteiger charge is 2.30. The highest BCUT2D eigenvalue weighted by molar-refractivity contribution is 5.94. The highest BCUT2D eigenvalue weighted by Crippen LogP contribution is 2.20. The Hall–Kier alpha value is -2.11. The zero-order chi connectivity index (χ0) is 16.9. The molecule has 1 amide bonds. The number of nitrogens with zero attached hydrogens (tertiary/aromatic N) is 2. The first-order valence-electron chi connectivity index (χ1n) is 8.46. The smallest absolute Gasteiger partial charge is 0.251 e. The van der Waals surface area contributed by atoms with Crippen LogP contribution in [0.25, 0.3) is 0 Å². The third-order valence-corrected chi connectivity index (χ3v) is 4.86. The summed E-state index contributed by atoms with van der Waals surface area (Å²) >= 11 is 0. The van der Waals surface area contributed by atoms with Crippen molar-refractivity contribution in [3.8, 4) is 0 Å². The van der Waals surface area contributed by atoms with Gasteiger partial charge in [-0.1, -0.05) is 18.2 Å². The molecule has 1 aliphatic heterocycles. The summed E-state index contributed by atoms with van der Waals surface area (Å²) in [7, 11) is 2.05. The lowest BCUT2D eigenvalue weighted by Crippen LogP contribution is -2.53. The number of hydrogen-bond acceptors (Lipinski definition) is 3. The van der Waals surface area contributed by atoms with Crippen molar-refractivity contribution in [3.63, 3.8) is 0 Å². The van der Waals surface area contributed by atoms with Crippen LogP contribution in [-0.4, -0.2) is 46.2 Å². The van der Waals surface area contributed by atoms with Crippen molar-refractivity contribution in [1.29, 1.82) is 0 Å². The second kappa shape index (κ2) is 7.64. The molecule has 2 aromatic rings. The molecule has 0 spiro atoms. The lowest BCUT2D eigenvalue weighted by atomic mass is 9.92. The predicted molar refractivity (Wildman–Crippen MR) is 93.6 cm³/mol. The number of likely N-dealkylation sites (tertiary alicyclic amines) is 1. The number of hydrogen-bond donors (Lipinski definition) is 2. The first kappa shape index (κ1) is 16.7. The maximum atomic E-state index is 12.4. The van der Waals surface area contributed by atoms with Gasteiger partial charge >= 0.3 is 0 Å². The van der Waals surface area contributed by atoms with Gasteiger partial charge < -0.3 is 15.0 Å². The number of rotatable bonds is 5. The Morgan fingerprint density at radius 3 is 2.71 bits per heavy atom. The molecule has 0 unspecified atom stereocenters. The third-order valence-electron chi connectivity index (χ3n) is 4.86. The number of carbonyl (C=O) groups is 1. The number of aryl methyl sites for hydroxylation is 1. The van der Waals surface area contributed by atoms with Crippen LogP contribution in [0.5, 0.6) is 0 Å². The number of amides is 1. The molecule has 1 aliphatic rings. The van der Waals surface area contributed by atoms with E-state index < -0.39 is 0 Å². The first-order valence-corrected chi connectivity index (χ1v) is 8.46. The van der Waals surface area contributed by atoms with Gasteiger partial charge in [0.25, 0.3) is 5.91 Å². The SMILES string of the molecule is Cn1cccc1CN1CC[C@H](CO)[C@H](NC(=O)c2ccccc2)C1. The van der Waals surface area contributed by atoms with Gasteiger partial charge in [0, 0.05) is 56.2 Å². The van der Waals surface area contributed by atoms with Gasteiger partial charge in [-0.15, -0.1) is 0 Å². The Morgan fingerprint density at radius 1 is 1.25 bits per heavy atom. The molecule has 0 radical (unpaired) electrons. The average molecular weight is 327 g/mol. The highest BCUT2D eigenvalue weighted by atomic mass is 16.3. The standard InChI is InChI=1S/C19H25N3O2/c1-21-10-5-8-17(21)12-22-11-9-16(14-23)18(13-22)20-19(24)15-6-3-2-4-7-15/h2-8,10,16,18,23H,9,11-14H2,1H3,(H,20,24)/t16-,18-/m1/s1. The van der Waals surface area contributed by atoms with Gasteiger partial charge in [0.15, 0.2) is 0 Å². The van der Waals surface area contributed by atoms with Crippen molar-refractivity contribution in [2.75, 3.05) is 19.7 Å². The summed E-state index contributed by atoms with van der Waals surface area (Å²) in [6.45, 7) is 2.67. The molecule has 1 aromatic heterocycles. The van der Waals surface area contributed by atoms with Crippen molar-refractivity contribution >= 4 is 5.91 Å². The summed E-state index contributed by atoms with van der Waals surface area (Å²) in [6, 6.07) is 13.4. The minimum absolute atomic E-state index is 0.0308. The molecule has 5 nitrogen and oxygen atoms in total. The molecular weight excluding hydrogens is 302 g/mol. The molecule has 0 bridgehead atoms. The number of aliphatic hydroxyl groups excluding tert-OH is 1. The second-order valence-corrected chi connectivity index (χ2v) is 6.52. The summed E-state index contributed by atoms with van der Waals surface area (Å²) in [5.74, 6) is 0.0436. The van der Waals surface area contributed by atoms with Gasteiger partial charge in [0.05, 0.1) is 0 Å². The number of benzene rings is 1. The molecule has 24 heavy (non-hydrogen) atoms. The molecule has 3 rings (SSSR count). The molecule has 2 heterocycles. The van der Waals surface area contributed by atoms with Crippen LogP contribution in [-0.2, 0) is 13.6 Å². The molecule has 2 N–H and O–H groups in total. The molecule has 5 heteroatoms. The number of carbonyl (C=O) groups excluding carboxylic acids is 1. The summed E-state index contributed by atoms with van der Waals surface area (Å²) in [6.07, 6.45) is 2.94. The molecule has 128 valence electrons. The molecular formula is C19H25N3O2. The van der Waals surface area contributed by atoms with E-state index in [1.165, 1.54) is 5.69 Å². The maximum Gasteiger partial charge on any atom is 0.251 e. The Labute approximate surface area is 142 Å². The van der Waals surface area contributed by atoms with Gasteiger partial charge in [-0.25, -0.2) is 0 Å². The van der Waals surface area contributed by atoms with Crippen LogP contribution in [0.15, 0.2) is 48.7 Å². The van der Waals surface area contributed by atoms with E-state index in [1.807, 2.05) is 49.6 Å². The van der Waals surface area contributed by atoms with Crippen molar-refractivity contribution in [2.45, 2.75) is 19.0 Å². The van der Waals surface area contributed by atoms with E-state index >= 15 is 0 Å². The summed E-state index contributed by atoms with van der Waals surface area (Å²) in [4.78, 5) is 14.8. The monoisotopic (exact) mass is 327 g/mol. The van der Waals surface area contributed by atoms with E-state index in [-0.39, 0.29) is 24.5 Å². The Kier molecular flexibility index (Phi) is 5.33. The average Bonchev–Trinajstić information content (AvgIpc) is 3.01. The van der Waals surface area contributed by atoms with E-state index in [4.69, 9.17) is 0 Å². The predicted octanol–water partition coefficient (Wildman–Crippen LogP) is 1.64. The van der Waals surface area contributed by atoms with E-state index in [1.54, 1.807) is 0 Å². The fourth-order valence-electron chi connectivity index (χ4n) is 3.32. The summed E-state index contributed by atoms with van der Waals surface area (Å²) in [5.41, 5.74) is 1.92. The number of aliphatic hydroxyl groups is 1. The third kappa shape index (κ3) is 3.86. The lowest BCUT2D eigenvalue weighted by Gasteiger charge is -2.38. The van der Waals surface area contributed by atoms with Crippen LogP contribution in [0.1, 0.15) is 22.5 Å². The Morgan fingerprint density at radius 2 is 2.04 bits per heavy atom. The van der Waals surface area contributed by atoms with Crippen molar-refractivity contribution in [2.24, 2.45) is 13.0 Å². The largest absolute Gasteiger partial charge is 0.396 e. The van der Waals surface area contributed by atoms with E-state index in [0.717, 1.165) is 26.1 Å². The molecule has 1 fully saturated rings. The van der Waals surface area contributed by atoms with Crippen LogP contribution in [0.3, 0.4) is 0 Å². The topological polar surface area (TPSA) is 57.5 Å². The van der Waals surface area contributed by atoms with E-state index in [0.29, 0.717) is 5.56 Å². The van der Waals surface area contributed by atoms with Crippen LogP contribution in [0.2, 0.25) is 0 Å². The number of piperidine rings is 1. The van der Waals surface area contributed by atoms with E-state index in [9.17, 15) is 9.90 Å². The van der Waals surface area contributed by atoms with Gasteiger partial charge in [0.1, 0.15) is 0 Å². The fraction of sp³-hybridized carbons (Fsp3) is 0.421. The maximum absolute atomic E-state index is 12.4. The van der Waals surface area contributed by atoms with Gasteiger partial charge in [-0.2, -0.15) is 0 Å². The summed E-state index contributed by atoms with van der Waals surface area (Å²) in [5, 5.41) is 12.8. The van der Waals surface area contributed by atoms with Crippen LogP contribution < -0.4 is 5.32 Å². The minimum Gasteiger partial charge on any atom is -0.396 e. The zero-order valence-corrected chi connectivity index (χ0v) is 14.1. The normalized spacial score (nSPS) is 21.6. The molecule has 0 saturated carbocycles. The quantitative estimate of drug-likeness (QED) is 0.878. The Bertz CT molecular complexity index is 668. The van der Waals surface area contributed by atoms with Gasteiger partial charge in [-0.05, 0) is 37.2 Å². The fourth-order valence-corrected chi connectivity index (χ4v) is 3.32. The van der Waals surface area contributed by atoms with Crippen molar-refractivity contribution in [1.82, 2.24) is 14.8 Å². The molecule has 1 saturated heterocycles. The van der Waals surface area contributed by atoms with E-state index in [2.05, 4.69) is 20.9 Å². The minimum atomic E-state index is -0.0697. The Balaban J connectivity index is 1.65. The van der Waals surface area contributed by atoms with Gasteiger partial charge in [-0.3, -0.25) is 9.69 Å². The van der Waals surface area contributed by atoms with Crippen molar-refractivity contribution < 1.29 is 9.90 Å². The number of aromatic nitrogens is 1. The van der Waals surface area contributed by atoms with Crippen LogP contribution in [0, 0.1) is 5.92 Å². The molecule has 1 aromatic carbocycles. The lowest BCUT2D eigenvalue weighted by molar-refractivity contribution is 0.0725. The first-order chi connectivity index (χ1) is 11.7. The zero-order valence-electron chi connectivity index (χ0n) is 14.1. The van der Waals surface area contributed by atoms with Crippen LogP contribution in [0.4, 0.5) is 0 Å². The molecule has 2 atom stereocenters. The second-order valence-electron chi connectivity index (χ2n) is 6.52. The molecule has 0 aliphatic carbocycles. The van der Waals surface area contributed by atoms with Crippen LogP contribution >= 0.6 is 0 Å².